The molecule has 1 aromatic carbocycles. The van der Waals surface area contributed by atoms with Crippen LogP contribution in [0.4, 0.5) is 0 Å². The summed E-state index contributed by atoms with van der Waals surface area (Å²) in [5.41, 5.74) is -1.45. The Morgan fingerprint density at radius 3 is 2.48 bits per heavy atom. The normalized spacial score (nSPS) is 29.5. The van der Waals surface area contributed by atoms with Gasteiger partial charge in [0.2, 0.25) is 0 Å². The topological polar surface area (TPSA) is 145 Å². The first-order chi connectivity index (χ1) is 11.6. The van der Waals surface area contributed by atoms with Gasteiger partial charge in [0, 0.05) is 18.9 Å². The molecule has 0 amide bonds. The maximum absolute atomic E-state index is 11.9. The summed E-state index contributed by atoms with van der Waals surface area (Å²) in [6.45, 7) is 1.15. The third-order valence-electron chi connectivity index (χ3n) is 4.20. The van der Waals surface area contributed by atoms with Gasteiger partial charge in [-0.3, -0.25) is 4.79 Å². The van der Waals surface area contributed by atoms with E-state index in [0.29, 0.717) is 5.56 Å². The van der Waals surface area contributed by atoms with Gasteiger partial charge in [0.25, 0.3) is 0 Å². The Morgan fingerprint density at radius 2 is 1.88 bits per heavy atom. The van der Waals surface area contributed by atoms with Crippen molar-refractivity contribution in [1.29, 1.82) is 0 Å². The number of phenolic OH excluding ortho intramolecular Hbond substituents is 2. The van der Waals surface area contributed by atoms with E-state index in [1.165, 1.54) is 24.3 Å². The molecule has 4 atom stereocenters. The molecule has 1 aliphatic carbocycles. The van der Waals surface area contributed by atoms with E-state index in [4.69, 9.17) is 4.74 Å². The molecule has 136 valence electrons. The molecule has 1 saturated carbocycles. The molecule has 2 rings (SSSR count). The van der Waals surface area contributed by atoms with Crippen molar-refractivity contribution in [3.63, 3.8) is 0 Å². The lowest BCUT2D eigenvalue weighted by molar-refractivity contribution is -0.185. The maximum Gasteiger partial charge on any atom is 0.331 e. The Morgan fingerprint density at radius 1 is 1.20 bits per heavy atom. The monoisotopic (exact) mass is 352 g/mol. The SMILES string of the molecule is CC(=O)[C@@]1(O)C[C@@H](O)[C@@H](O)[C@H](OC(=O)C=Cc2ccc(O)c(O)c2)C1. The second kappa shape index (κ2) is 7.22. The Kier molecular flexibility index (Phi) is 5.46. The minimum Gasteiger partial charge on any atom is -0.504 e. The van der Waals surface area contributed by atoms with E-state index >= 15 is 0 Å². The largest absolute Gasteiger partial charge is 0.504 e. The Bertz CT molecular complexity index is 698. The molecule has 1 fully saturated rings. The molecule has 0 spiro atoms. The highest BCUT2D eigenvalue weighted by Gasteiger charge is 2.48. The van der Waals surface area contributed by atoms with Crippen LogP contribution in [0, 0.1) is 0 Å². The number of Topliss-reactive ketones (excluding diaryl/α,β-unsaturated/α-hetero) is 1. The Labute approximate surface area is 143 Å². The maximum atomic E-state index is 11.9. The number of rotatable bonds is 4. The molecule has 0 saturated heterocycles. The van der Waals surface area contributed by atoms with Crippen molar-refractivity contribution in [2.75, 3.05) is 0 Å². The molecular formula is C17H20O8. The van der Waals surface area contributed by atoms with Crippen molar-refractivity contribution in [2.24, 2.45) is 0 Å². The van der Waals surface area contributed by atoms with Gasteiger partial charge in [-0.15, -0.1) is 0 Å². The number of aliphatic hydroxyl groups excluding tert-OH is 2. The number of aliphatic hydroxyl groups is 3. The van der Waals surface area contributed by atoms with Gasteiger partial charge >= 0.3 is 5.97 Å². The molecule has 0 radical (unpaired) electrons. The van der Waals surface area contributed by atoms with Crippen molar-refractivity contribution in [2.45, 2.75) is 43.7 Å². The molecule has 1 aromatic rings. The number of hydrogen-bond donors (Lipinski definition) is 5. The summed E-state index contributed by atoms with van der Waals surface area (Å²) in [4.78, 5) is 23.4. The lowest BCUT2D eigenvalue weighted by Gasteiger charge is -2.40. The lowest BCUT2D eigenvalue weighted by atomic mass is 9.77. The molecule has 8 nitrogen and oxygen atoms in total. The zero-order valence-electron chi connectivity index (χ0n) is 13.5. The number of ether oxygens (including phenoxy) is 1. The Balaban J connectivity index is 2.06. The van der Waals surface area contributed by atoms with Gasteiger partial charge in [-0.1, -0.05) is 6.07 Å². The van der Waals surface area contributed by atoms with E-state index in [9.17, 15) is 35.1 Å². The highest BCUT2D eigenvalue weighted by atomic mass is 16.6. The molecule has 0 unspecified atom stereocenters. The summed E-state index contributed by atoms with van der Waals surface area (Å²) in [6, 6.07) is 3.92. The van der Waals surface area contributed by atoms with Crippen molar-refractivity contribution in [3.05, 3.63) is 29.8 Å². The van der Waals surface area contributed by atoms with Crippen LogP contribution in [0.5, 0.6) is 11.5 Å². The predicted octanol–water partition coefficient (Wildman–Crippen LogP) is -0.142. The minimum absolute atomic E-state index is 0.303. The van der Waals surface area contributed by atoms with Gasteiger partial charge in [-0.05, 0) is 30.7 Å². The second-order valence-corrected chi connectivity index (χ2v) is 6.11. The number of carbonyl (C=O) groups excluding carboxylic acids is 2. The van der Waals surface area contributed by atoms with E-state index < -0.39 is 35.7 Å². The fraction of sp³-hybridized carbons (Fsp3) is 0.412. The molecule has 1 aliphatic rings. The van der Waals surface area contributed by atoms with Crippen LogP contribution in [0.1, 0.15) is 25.3 Å². The third-order valence-corrected chi connectivity index (χ3v) is 4.20. The van der Waals surface area contributed by atoms with Gasteiger partial charge in [0.15, 0.2) is 17.3 Å². The standard InChI is InChI=1S/C17H20O8/c1-9(18)17(24)7-13(21)16(23)14(8-17)25-15(22)5-3-10-2-4-11(19)12(20)6-10/h2-6,13-14,16,19-21,23-24H,7-8H2,1H3/t13-,14-,16-,17-/m1/s1. The average Bonchev–Trinajstić information content (AvgIpc) is 2.53. The number of phenols is 2. The van der Waals surface area contributed by atoms with Crippen LogP contribution in [0.2, 0.25) is 0 Å². The molecule has 0 heterocycles. The van der Waals surface area contributed by atoms with Crippen LogP contribution in [-0.4, -0.2) is 61.2 Å². The average molecular weight is 352 g/mol. The minimum atomic E-state index is -1.87. The van der Waals surface area contributed by atoms with Crippen molar-refractivity contribution < 1.29 is 39.9 Å². The van der Waals surface area contributed by atoms with Crippen molar-refractivity contribution in [1.82, 2.24) is 0 Å². The van der Waals surface area contributed by atoms with Crippen LogP contribution in [0.15, 0.2) is 24.3 Å². The summed E-state index contributed by atoms with van der Waals surface area (Å²) >= 11 is 0. The van der Waals surface area contributed by atoms with E-state index in [1.54, 1.807) is 0 Å². The smallest absolute Gasteiger partial charge is 0.331 e. The van der Waals surface area contributed by atoms with E-state index in [1.807, 2.05) is 0 Å². The van der Waals surface area contributed by atoms with Crippen LogP contribution >= 0.6 is 0 Å². The highest BCUT2D eigenvalue weighted by Crippen LogP contribution is 2.32. The fourth-order valence-electron chi connectivity index (χ4n) is 2.65. The van der Waals surface area contributed by atoms with Crippen molar-refractivity contribution >= 4 is 17.8 Å². The van der Waals surface area contributed by atoms with Gasteiger partial charge in [0.1, 0.15) is 17.8 Å². The summed E-state index contributed by atoms with van der Waals surface area (Å²) in [5.74, 6) is -2.11. The van der Waals surface area contributed by atoms with Gasteiger partial charge in [-0.2, -0.15) is 0 Å². The number of benzene rings is 1. The second-order valence-electron chi connectivity index (χ2n) is 6.11. The molecular weight excluding hydrogens is 332 g/mol. The zero-order valence-corrected chi connectivity index (χ0v) is 13.5. The highest BCUT2D eigenvalue weighted by molar-refractivity contribution is 5.88. The van der Waals surface area contributed by atoms with Crippen LogP contribution in [0.25, 0.3) is 6.08 Å². The number of aromatic hydroxyl groups is 2. The summed E-state index contributed by atoms with van der Waals surface area (Å²) in [5, 5.41) is 48.5. The number of carbonyl (C=O) groups is 2. The molecule has 8 heteroatoms. The predicted molar refractivity (Wildman–Crippen MR) is 85.6 cm³/mol. The molecule has 0 aliphatic heterocycles. The third kappa shape index (κ3) is 4.36. The van der Waals surface area contributed by atoms with Crippen LogP contribution in [-0.2, 0) is 14.3 Å². The number of ketones is 1. The molecule has 25 heavy (non-hydrogen) atoms. The van der Waals surface area contributed by atoms with Gasteiger partial charge in [0.05, 0.1) is 6.10 Å². The van der Waals surface area contributed by atoms with E-state index in [-0.39, 0.29) is 24.3 Å². The van der Waals surface area contributed by atoms with Gasteiger partial charge < -0.3 is 30.3 Å². The van der Waals surface area contributed by atoms with Gasteiger partial charge in [-0.25, -0.2) is 4.79 Å². The van der Waals surface area contributed by atoms with Crippen molar-refractivity contribution in [3.8, 4) is 11.5 Å². The first kappa shape index (κ1) is 18.9. The number of esters is 1. The Hall–Kier alpha value is -2.42. The summed E-state index contributed by atoms with van der Waals surface area (Å²) in [6.07, 6.45) is -2.40. The van der Waals surface area contributed by atoms with E-state index in [2.05, 4.69) is 0 Å². The van der Waals surface area contributed by atoms with Crippen LogP contribution < -0.4 is 0 Å². The lowest BCUT2D eigenvalue weighted by Crippen LogP contribution is -2.56. The quantitative estimate of drug-likeness (QED) is 0.286. The molecule has 0 bridgehead atoms. The first-order valence-electron chi connectivity index (χ1n) is 7.62. The summed E-state index contributed by atoms with van der Waals surface area (Å²) in [7, 11) is 0. The van der Waals surface area contributed by atoms with Crippen LogP contribution in [0.3, 0.4) is 0 Å². The molecule has 0 aromatic heterocycles. The fourth-order valence-corrected chi connectivity index (χ4v) is 2.65. The summed E-state index contributed by atoms with van der Waals surface area (Å²) < 4.78 is 5.04. The number of hydrogen-bond acceptors (Lipinski definition) is 8. The first-order valence-corrected chi connectivity index (χ1v) is 7.62. The van der Waals surface area contributed by atoms with E-state index in [0.717, 1.165) is 13.0 Å². The zero-order chi connectivity index (χ0) is 18.8. The molecule has 5 N–H and O–H groups in total.